The Morgan fingerprint density at radius 3 is 2.23 bits per heavy atom. The SMILES string of the molecule is COc1cc(NC(=O)c2cnn(-c3ccc(F)cc3)c2-n2cccc2)cc(OC)c1. The van der Waals surface area contributed by atoms with Gasteiger partial charge in [-0.3, -0.25) is 4.79 Å². The van der Waals surface area contributed by atoms with Crippen molar-refractivity contribution in [3.8, 4) is 23.0 Å². The number of carbonyl (C=O) groups is 1. The van der Waals surface area contributed by atoms with Crippen LogP contribution in [0.4, 0.5) is 10.1 Å². The number of hydrogen-bond acceptors (Lipinski definition) is 4. The summed E-state index contributed by atoms with van der Waals surface area (Å²) >= 11 is 0. The zero-order valence-electron chi connectivity index (χ0n) is 16.4. The second kappa shape index (κ2) is 8.12. The number of benzene rings is 2. The minimum atomic E-state index is -0.359. The first-order valence-electron chi connectivity index (χ1n) is 9.11. The lowest BCUT2D eigenvalue weighted by Gasteiger charge is -2.12. The molecule has 0 unspecified atom stereocenters. The number of carbonyl (C=O) groups excluding carboxylic acids is 1. The lowest BCUT2D eigenvalue weighted by molar-refractivity contribution is 0.102. The number of nitrogens with zero attached hydrogens (tertiary/aromatic N) is 3. The maximum absolute atomic E-state index is 13.4. The fraction of sp³-hybridized carbons (Fsp3) is 0.0909. The van der Waals surface area contributed by atoms with Gasteiger partial charge in [0, 0.05) is 36.3 Å². The molecule has 0 spiro atoms. The molecule has 7 nitrogen and oxygen atoms in total. The highest BCUT2D eigenvalue weighted by Gasteiger charge is 2.20. The summed E-state index contributed by atoms with van der Waals surface area (Å²) in [6.45, 7) is 0. The Balaban J connectivity index is 1.74. The van der Waals surface area contributed by atoms with Crippen LogP contribution in [0.1, 0.15) is 10.4 Å². The fourth-order valence-corrected chi connectivity index (χ4v) is 3.08. The van der Waals surface area contributed by atoms with E-state index in [1.54, 1.807) is 39.6 Å². The lowest BCUT2D eigenvalue weighted by atomic mass is 10.2. The molecule has 2 heterocycles. The van der Waals surface area contributed by atoms with Gasteiger partial charge in [-0.15, -0.1) is 0 Å². The Labute approximate surface area is 172 Å². The topological polar surface area (TPSA) is 70.3 Å². The second-order valence-electron chi connectivity index (χ2n) is 6.42. The highest BCUT2D eigenvalue weighted by molar-refractivity contribution is 6.06. The number of halogens is 1. The predicted molar refractivity (Wildman–Crippen MR) is 110 cm³/mol. The summed E-state index contributed by atoms with van der Waals surface area (Å²) in [5, 5.41) is 7.22. The van der Waals surface area contributed by atoms with Gasteiger partial charge in [0.25, 0.3) is 5.91 Å². The molecule has 0 saturated carbocycles. The Morgan fingerprint density at radius 2 is 1.63 bits per heavy atom. The normalized spacial score (nSPS) is 10.6. The highest BCUT2D eigenvalue weighted by Crippen LogP contribution is 2.27. The van der Waals surface area contributed by atoms with E-state index in [-0.39, 0.29) is 11.7 Å². The van der Waals surface area contributed by atoms with Crippen molar-refractivity contribution in [1.82, 2.24) is 14.3 Å². The van der Waals surface area contributed by atoms with Gasteiger partial charge in [0.15, 0.2) is 5.82 Å². The molecular weight excluding hydrogens is 387 g/mol. The van der Waals surface area contributed by atoms with Gasteiger partial charge in [0.05, 0.1) is 26.1 Å². The van der Waals surface area contributed by atoms with Crippen LogP contribution in [-0.4, -0.2) is 34.5 Å². The van der Waals surface area contributed by atoms with Gasteiger partial charge in [-0.05, 0) is 36.4 Å². The number of nitrogens with one attached hydrogen (secondary N) is 1. The Morgan fingerprint density at radius 1 is 1.00 bits per heavy atom. The molecule has 0 bridgehead atoms. The summed E-state index contributed by atoms with van der Waals surface area (Å²) in [6.07, 6.45) is 5.09. The van der Waals surface area contributed by atoms with E-state index in [4.69, 9.17) is 9.47 Å². The average Bonchev–Trinajstić information content (AvgIpc) is 3.43. The number of aromatic nitrogens is 3. The number of methoxy groups -OCH3 is 2. The average molecular weight is 406 g/mol. The molecule has 8 heteroatoms. The fourth-order valence-electron chi connectivity index (χ4n) is 3.08. The first kappa shape index (κ1) is 19.3. The Kier molecular flexibility index (Phi) is 5.21. The van der Waals surface area contributed by atoms with Crippen LogP contribution in [0.3, 0.4) is 0 Å². The van der Waals surface area contributed by atoms with Crippen LogP contribution in [-0.2, 0) is 0 Å². The lowest BCUT2D eigenvalue weighted by Crippen LogP contribution is -2.15. The van der Waals surface area contributed by atoms with E-state index in [1.165, 1.54) is 32.5 Å². The summed E-state index contributed by atoms with van der Waals surface area (Å²) < 4.78 is 27.2. The van der Waals surface area contributed by atoms with Crippen molar-refractivity contribution in [2.45, 2.75) is 0 Å². The van der Waals surface area contributed by atoms with Crippen molar-refractivity contribution in [3.05, 3.63) is 84.6 Å². The third-order valence-corrected chi connectivity index (χ3v) is 4.52. The first-order chi connectivity index (χ1) is 14.6. The zero-order valence-corrected chi connectivity index (χ0v) is 16.4. The van der Waals surface area contributed by atoms with Gasteiger partial charge >= 0.3 is 0 Å². The number of hydrogen-bond donors (Lipinski definition) is 1. The molecule has 0 radical (unpaired) electrons. The minimum Gasteiger partial charge on any atom is -0.497 e. The van der Waals surface area contributed by atoms with Crippen LogP contribution in [0.5, 0.6) is 11.5 Å². The van der Waals surface area contributed by atoms with Gasteiger partial charge in [0.2, 0.25) is 0 Å². The minimum absolute atomic E-state index is 0.345. The van der Waals surface area contributed by atoms with Crippen LogP contribution in [0.25, 0.3) is 11.5 Å². The van der Waals surface area contributed by atoms with Gasteiger partial charge < -0.3 is 19.4 Å². The van der Waals surface area contributed by atoms with Crippen LogP contribution in [0.15, 0.2) is 73.2 Å². The summed E-state index contributed by atoms with van der Waals surface area (Å²) in [4.78, 5) is 13.1. The molecule has 0 saturated heterocycles. The molecule has 4 aromatic rings. The molecule has 0 atom stereocenters. The molecule has 4 rings (SSSR count). The molecule has 0 aliphatic heterocycles. The van der Waals surface area contributed by atoms with Gasteiger partial charge in [0.1, 0.15) is 22.9 Å². The largest absolute Gasteiger partial charge is 0.497 e. The van der Waals surface area contributed by atoms with Gasteiger partial charge in [-0.1, -0.05) is 0 Å². The number of anilines is 1. The number of ether oxygens (including phenoxy) is 2. The summed E-state index contributed by atoms with van der Waals surface area (Å²) in [7, 11) is 3.08. The molecular formula is C22H19FN4O3. The first-order valence-corrected chi connectivity index (χ1v) is 9.11. The summed E-state index contributed by atoms with van der Waals surface area (Å²) in [6, 6.07) is 14.7. The molecule has 2 aromatic carbocycles. The van der Waals surface area contributed by atoms with E-state index in [0.29, 0.717) is 34.3 Å². The third-order valence-electron chi connectivity index (χ3n) is 4.52. The molecule has 30 heavy (non-hydrogen) atoms. The van der Waals surface area contributed by atoms with Crippen molar-refractivity contribution in [3.63, 3.8) is 0 Å². The summed E-state index contributed by atoms with van der Waals surface area (Å²) in [5.41, 5.74) is 1.49. The van der Waals surface area contributed by atoms with Crippen molar-refractivity contribution >= 4 is 11.6 Å². The van der Waals surface area contributed by atoms with E-state index >= 15 is 0 Å². The van der Waals surface area contributed by atoms with Crippen LogP contribution >= 0.6 is 0 Å². The zero-order chi connectivity index (χ0) is 21.1. The molecule has 152 valence electrons. The van der Waals surface area contributed by atoms with Crippen LogP contribution in [0, 0.1) is 5.82 Å². The standard InChI is InChI=1S/C22H19FN4O3/c1-29-18-11-16(12-19(13-18)30-2)25-21(28)20-14-24-27(17-7-5-15(23)6-8-17)22(20)26-9-3-4-10-26/h3-14H,1-2H3,(H,25,28). The van der Waals surface area contributed by atoms with E-state index in [9.17, 15) is 9.18 Å². The molecule has 0 aliphatic carbocycles. The number of amides is 1. The van der Waals surface area contributed by atoms with E-state index < -0.39 is 0 Å². The van der Waals surface area contributed by atoms with Crippen molar-refractivity contribution in [2.24, 2.45) is 0 Å². The third kappa shape index (κ3) is 3.75. The van der Waals surface area contributed by atoms with Crippen LogP contribution in [0.2, 0.25) is 0 Å². The molecule has 0 fully saturated rings. The van der Waals surface area contributed by atoms with Crippen molar-refractivity contribution in [1.29, 1.82) is 0 Å². The molecule has 1 N–H and O–H groups in total. The van der Waals surface area contributed by atoms with E-state index in [1.807, 2.05) is 24.5 Å². The predicted octanol–water partition coefficient (Wildman–Crippen LogP) is 4.07. The smallest absolute Gasteiger partial charge is 0.261 e. The Bertz CT molecular complexity index is 1150. The summed E-state index contributed by atoms with van der Waals surface area (Å²) in [5.74, 6) is 0.925. The quantitative estimate of drug-likeness (QED) is 0.524. The number of rotatable bonds is 6. The van der Waals surface area contributed by atoms with Gasteiger partial charge in [-0.2, -0.15) is 5.10 Å². The molecule has 2 aromatic heterocycles. The molecule has 1 amide bonds. The maximum Gasteiger partial charge on any atom is 0.261 e. The highest BCUT2D eigenvalue weighted by atomic mass is 19.1. The van der Waals surface area contributed by atoms with Gasteiger partial charge in [-0.25, -0.2) is 9.07 Å². The van der Waals surface area contributed by atoms with Crippen molar-refractivity contribution in [2.75, 3.05) is 19.5 Å². The maximum atomic E-state index is 13.4. The monoisotopic (exact) mass is 406 g/mol. The molecule has 0 aliphatic rings. The van der Waals surface area contributed by atoms with Crippen LogP contribution < -0.4 is 14.8 Å². The Hall–Kier alpha value is -4.07. The van der Waals surface area contributed by atoms with E-state index in [0.717, 1.165) is 0 Å². The van der Waals surface area contributed by atoms with Crippen molar-refractivity contribution < 1.29 is 18.7 Å². The second-order valence-corrected chi connectivity index (χ2v) is 6.42. The van der Waals surface area contributed by atoms with E-state index in [2.05, 4.69) is 10.4 Å².